The summed E-state index contributed by atoms with van der Waals surface area (Å²) in [6.45, 7) is 2.14. The SMILES string of the molecule is CCCC1CCC(C(F)(F)Cc2cccc(F)c2)CC1. The third kappa shape index (κ3) is 4.00. The fraction of sp³-hybridized carbons (Fsp3) is 0.647. The van der Waals surface area contributed by atoms with Crippen LogP contribution < -0.4 is 0 Å². The number of benzene rings is 1. The average molecular weight is 284 g/mol. The van der Waals surface area contributed by atoms with Gasteiger partial charge in [-0.05, 0) is 49.3 Å². The van der Waals surface area contributed by atoms with Gasteiger partial charge in [-0.15, -0.1) is 0 Å². The van der Waals surface area contributed by atoms with E-state index in [0.29, 0.717) is 24.3 Å². The van der Waals surface area contributed by atoms with Crippen LogP contribution in [0.5, 0.6) is 0 Å². The first-order valence-corrected chi connectivity index (χ1v) is 7.63. The first kappa shape index (κ1) is 15.4. The minimum atomic E-state index is -2.72. The van der Waals surface area contributed by atoms with E-state index in [-0.39, 0.29) is 6.42 Å². The molecule has 0 radical (unpaired) electrons. The second kappa shape index (κ2) is 6.64. The van der Waals surface area contributed by atoms with Crippen molar-refractivity contribution in [1.29, 1.82) is 0 Å². The van der Waals surface area contributed by atoms with E-state index in [1.54, 1.807) is 6.07 Å². The van der Waals surface area contributed by atoms with Gasteiger partial charge in [0.1, 0.15) is 5.82 Å². The molecule has 3 heteroatoms. The minimum Gasteiger partial charge on any atom is -0.207 e. The Morgan fingerprint density at radius 3 is 2.45 bits per heavy atom. The molecule has 1 aromatic carbocycles. The van der Waals surface area contributed by atoms with E-state index in [4.69, 9.17) is 0 Å². The topological polar surface area (TPSA) is 0 Å². The molecule has 0 bridgehead atoms. The van der Waals surface area contributed by atoms with Crippen molar-refractivity contribution in [3.8, 4) is 0 Å². The van der Waals surface area contributed by atoms with Crippen molar-refractivity contribution in [2.45, 2.75) is 57.8 Å². The summed E-state index contributed by atoms with van der Waals surface area (Å²) in [7, 11) is 0. The zero-order valence-corrected chi connectivity index (χ0v) is 12.0. The maximum absolute atomic E-state index is 14.3. The molecule has 2 rings (SSSR count). The summed E-state index contributed by atoms with van der Waals surface area (Å²) in [6.07, 6.45) is 4.99. The summed E-state index contributed by atoms with van der Waals surface area (Å²) < 4.78 is 41.7. The van der Waals surface area contributed by atoms with Gasteiger partial charge in [-0.3, -0.25) is 0 Å². The lowest BCUT2D eigenvalue weighted by Gasteiger charge is -2.33. The van der Waals surface area contributed by atoms with E-state index < -0.39 is 17.7 Å². The zero-order chi connectivity index (χ0) is 14.6. The van der Waals surface area contributed by atoms with Crippen LogP contribution in [0.1, 0.15) is 51.0 Å². The Bertz CT molecular complexity index is 420. The molecule has 0 spiro atoms. The Balaban J connectivity index is 1.94. The summed E-state index contributed by atoms with van der Waals surface area (Å²) in [5, 5.41) is 0. The quantitative estimate of drug-likeness (QED) is 0.659. The standard InChI is InChI=1S/C17H23F3/c1-2-4-13-7-9-15(10-8-13)17(19,20)12-14-5-3-6-16(18)11-14/h3,5-6,11,13,15H,2,4,7-10,12H2,1H3. The van der Waals surface area contributed by atoms with Gasteiger partial charge in [-0.2, -0.15) is 0 Å². The fourth-order valence-corrected chi connectivity index (χ4v) is 3.35. The lowest BCUT2D eigenvalue weighted by Crippen LogP contribution is -2.34. The maximum atomic E-state index is 14.3. The maximum Gasteiger partial charge on any atom is 0.254 e. The van der Waals surface area contributed by atoms with Crippen molar-refractivity contribution in [2.75, 3.05) is 0 Å². The summed E-state index contributed by atoms with van der Waals surface area (Å²) >= 11 is 0. The number of hydrogen-bond donors (Lipinski definition) is 0. The molecule has 0 atom stereocenters. The van der Waals surface area contributed by atoms with Crippen LogP contribution in [0.3, 0.4) is 0 Å². The Morgan fingerprint density at radius 1 is 1.15 bits per heavy atom. The van der Waals surface area contributed by atoms with Crippen LogP contribution in [-0.4, -0.2) is 5.92 Å². The van der Waals surface area contributed by atoms with Gasteiger partial charge < -0.3 is 0 Å². The van der Waals surface area contributed by atoms with Gasteiger partial charge in [0.25, 0.3) is 5.92 Å². The van der Waals surface area contributed by atoms with Crippen molar-refractivity contribution in [1.82, 2.24) is 0 Å². The van der Waals surface area contributed by atoms with Gasteiger partial charge in [0.2, 0.25) is 0 Å². The number of halogens is 3. The van der Waals surface area contributed by atoms with Crippen LogP contribution in [0.2, 0.25) is 0 Å². The van der Waals surface area contributed by atoms with Crippen LogP contribution in [0.25, 0.3) is 0 Å². The molecule has 1 aliphatic rings. The number of hydrogen-bond acceptors (Lipinski definition) is 0. The largest absolute Gasteiger partial charge is 0.254 e. The van der Waals surface area contributed by atoms with Crippen molar-refractivity contribution in [3.63, 3.8) is 0 Å². The van der Waals surface area contributed by atoms with E-state index in [2.05, 4.69) is 6.92 Å². The van der Waals surface area contributed by atoms with Gasteiger partial charge >= 0.3 is 0 Å². The molecule has 0 unspecified atom stereocenters. The van der Waals surface area contributed by atoms with Crippen molar-refractivity contribution in [2.24, 2.45) is 11.8 Å². The molecule has 1 aliphatic carbocycles. The molecule has 0 aromatic heterocycles. The summed E-state index contributed by atoms with van der Waals surface area (Å²) in [4.78, 5) is 0. The molecule has 0 aliphatic heterocycles. The molecular formula is C17H23F3. The second-order valence-corrected chi connectivity index (χ2v) is 6.07. The highest BCUT2D eigenvalue weighted by Crippen LogP contribution is 2.41. The highest BCUT2D eigenvalue weighted by molar-refractivity contribution is 5.18. The van der Waals surface area contributed by atoms with Gasteiger partial charge in [-0.25, -0.2) is 13.2 Å². The van der Waals surface area contributed by atoms with Crippen LogP contribution in [0.4, 0.5) is 13.2 Å². The highest BCUT2D eigenvalue weighted by Gasteiger charge is 2.41. The zero-order valence-electron chi connectivity index (χ0n) is 12.0. The first-order valence-electron chi connectivity index (χ1n) is 7.63. The van der Waals surface area contributed by atoms with Crippen molar-refractivity contribution >= 4 is 0 Å². The Morgan fingerprint density at radius 2 is 1.85 bits per heavy atom. The Kier molecular flexibility index (Phi) is 5.11. The van der Waals surface area contributed by atoms with Crippen LogP contribution in [-0.2, 0) is 6.42 Å². The molecule has 1 fully saturated rings. The first-order chi connectivity index (χ1) is 9.51. The monoisotopic (exact) mass is 284 g/mol. The number of rotatable bonds is 5. The third-order valence-corrected chi connectivity index (χ3v) is 4.47. The van der Waals surface area contributed by atoms with Crippen molar-refractivity contribution < 1.29 is 13.2 Å². The van der Waals surface area contributed by atoms with Gasteiger partial charge in [0, 0.05) is 12.3 Å². The predicted molar refractivity (Wildman–Crippen MR) is 75.4 cm³/mol. The molecule has 1 saturated carbocycles. The molecule has 112 valence electrons. The van der Waals surface area contributed by atoms with E-state index in [9.17, 15) is 13.2 Å². The van der Waals surface area contributed by atoms with Crippen LogP contribution >= 0.6 is 0 Å². The van der Waals surface area contributed by atoms with E-state index >= 15 is 0 Å². The molecule has 20 heavy (non-hydrogen) atoms. The summed E-state index contributed by atoms with van der Waals surface area (Å²) in [5.41, 5.74) is 0.394. The molecule has 1 aromatic rings. The molecule has 0 heterocycles. The second-order valence-electron chi connectivity index (χ2n) is 6.07. The van der Waals surface area contributed by atoms with E-state index in [1.807, 2.05) is 0 Å². The molecule has 0 nitrogen and oxygen atoms in total. The van der Waals surface area contributed by atoms with E-state index in [1.165, 1.54) is 18.2 Å². The lowest BCUT2D eigenvalue weighted by atomic mass is 9.76. The van der Waals surface area contributed by atoms with Crippen LogP contribution in [0, 0.1) is 17.7 Å². The molecule has 0 saturated heterocycles. The molecule has 0 N–H and O–H groups in total. The normalized spacial score (nSPS) is 23.8. The summed E-state index contributed by atoms with van der Waals surface area (Å²) in [6, 6.07) is 5.59. The lowest BCUT2D eigenvalue weighted by molar-refractivity contribution is -0.0746. The molecular weight excluding hydrogens is 261 g/mol. The van der Waals surface area contributed by atoms with Gasteiger partial charge in [-0.1, -0.05) is 31.9 Å². The Labute approximate surface area is 119 Å². The van der Waals surface area contributed by atoms with Crippen molar-refractivity contribution in [3.05, 3.63) is 35.6 Å². The fourth-order valence-electron chi connectivity index (χ4n) is 3.35. The van der Waals surface area contributed by atoms with Gasteiger partial charge in [0.05, 0.1) is 0 Å². The average Bonchev–Trinajstić information content (AvgIpc) is 2.39. The summed E-state index contributed by atoms with van der Waals surface area (Å²) in [5.74, 6) is -3.07. The van der Waals surface area contributed by atoms with Crippen LogP contribution in [0.15, 0.2) is 24.3 Å². The predicted octanol–water partition coefficient (Wildman–Crippen LogP) is 5.61. The van der Waals surface area contributed by atoms with Gasteiger partial charge in [0.15, 0.2) is 0 Å². The third-order valence-electron chi connectivity index (χ3n) is 4.47. The molecule has 0 amide bonds. The number of alkyl halides is 2. The smallest absolute Gasteiger partial charge is 0.207 e. The highest BCUT2D eigenvalue weighted by atomic mass is 19.3. The van der Waals surface area contributed by atoms with E-state index in [0.717, 1.165) is 25.7 Å². The minimum absolute atomic E-state index is 0.339. The Hall–Kier alpha value is -0.990.